The van der Waals surface area contributed by atoms with Crippen molar-refractivity contribution in [3.05, 3.63) is 71.7 Å². The van der Waals surface area contributed by atoms with Gasteiger partial charge in [0.2, 0.25) is 5.78 Å². The topological polar surface area (TPSA) is 30.2 Å². The van der Waals surface area contributed by atoms with E-state index in [1.807, 2.05) is 37.3 Å². The largest absolute Gasteiger partial charge is 0.450 e. The number of rotatable bonds is 3. The maximum Gasteiger partial charge on any atom is 0.205 e. The Labute approximate surface area is 115 Å². The Morgan fingerprint density at radius 3 is 2.55 bits per heavy atom. The first-order valence-corrected chi connectivity index (χ1v) is 6.44. The third-order valence-corrected chi connectivity index (χ3v) is 3.43. The zero-order valence-electron chi connectivity index (χ0n) is 11.0. The molecule has 0 amide bonds. The van der Waals surface area contributed by atoms with E-state index in [2.05, 4.69) is 0 Å². The van der Waals surface area contributed by atoms with Gasteiger partial charge in [0.15, 0.2) is 17.2 Å². The van der Waals surface area contributed by atoms with E-state index in [4.69, 9.17) is 4.42 Å². The van der Waals surface area contributed by atoms with Crippen LogP contribution in [0.3, 0.4) is 0 Å². The third-order valence-electron chi connectivity index (χ3n) is 3.43. The molecule has 0 fully saturated rings. The highest BCUT2D eigenvalue weighted by molar-refractivity contribution is 6.01. The lowest BCUT2D eigenvalue weighted by Gasteiger charge is -2.08. The lowest BCUT2D eigenvalue weighted by Crippen LogP contribution is -2.08. The minimum atomic E-state index is -0.450. The highest BCUT2D eigenvalue weighted by Gasteiger charge is 2.21. The predicted octanol–water partition coefficient (Wildman–Crippen LogP) is 4.56. The minimum absolute atomic E-state index is 0.135. The van der Waals surface area contributed by atoms with Crippen molar-refractivity contribution < 1.29 is 13.6 Å². The average Bonchev–Trinajstić information content (AvgIpc) is 2.92. The molecule has 1 atom stereocenters. The van der Waals surface area contributed by atoms with Gasteiger partial charge in [0.1, 0.15) is 0 Å². The molecule has 0 N–H and O–H groups in total. The number of fused-ring (bicyclic) bond motifs is 1. The van der Waals surface area contributed by atoms with Crippen LogP contribution in [0.25, 0.3) is 11.0 Å². The maximum absolute atomic E-state index is 13.6. The molecule has 0 saturated carbocycles. The second kappa shape index (κ2) is 4.93. The first-order chi connectivity index (χ1) is 9.66. The van der Waals surface area contributed by atoms with Gasteiger partial charge in [-0.15, -0.1) is 0 Å². The van der Waals surface area contributed by atoms with Gasteiger partial charge in [0.05, 0.1) is 0 Å². The van der Waals surface area contributed by atoms with Gasteiger partial charge in [0, 0.05) is 11.3 Å². The molecule has 0 aliphatic carbocycles. The minimum Gasteiger partial charge on any atom is -0.450 e. The highest BCUT2D eigenvalue weighted by atomic mass is 19.1. The summed E-state index contributed by atoms with van der Waals surface area (Å²) in [5.41, 5.74) is 1.05. The van der Waals surface area contributed by atoms with Crippen LogP contribution < -0.4 is 0 Å². The van der Waals surface area contributed by atoms with Crippen molar-refractivity contribution in [2.45, 2.75) is 12.8 Å². The van der Waals surface area contributed by atoms with Crippen molar-refractivity contribution in [3.63, 3.8) is 0 Å². The normalized spacial score (nSPS) is 12.5. The molecule has 0 aliphatic rings. The molecule has 3 heteroatoms. The van der Waals surface area contributed by atoms with Crippen LogP contribution in [0, 0.1) is 5.82 Å². The number of para-hydroxylation sites is 1. The number of benzene rings is 2. The number of carbonyl (C=O) groups is 1. The summed E-state index contributed by atoms with van der Waals surface area (Å²) in [6.07, 6.45) is 0. The lowest BCUT2D eigenvalue weighted by atomic mass is 9.95. The maximum atomic E-state index is 13.6. The number of Topliss-reactive ketones (excluding diaryl/α,β-unsaturated/α-hetero) is 1. The highest BCUT2D eigenvalue weighted by Crippen LogP contribution is 2.26. The summed E-state index contributed by atoms with van der Waals surface area (Å²) in [5, 5.41) is 0.605. The van der Waals surface area contributed by atoms with E-state index >= 15 is 0 Å². The van der Waals surface area contributed by atoms with Crippen LogP contribution in [-0.4, -0.2) is 5.78 Å². The Bertz CT molecular complexity index is 759. The standard InChI is InChI=1S/C17H13FO2/c1-11(12-6-3-2-4-7-12)16(19)15-10-13-8-5-9-14(18)17(13)20-15/h2-11H,1H3. The first kappa shape index (κ1) is 12.6. The fourth-order valence-electron chi connectivity index (χ4n) is 2.26. The molecule has 0 radical (unpaired) electrons. The van der Waals surface area contributed by atoms with Crippen molar-refractivity contribution in [2.24, 2.45) is 0 Å². The zero-order chi connectivity index (χ0) is 14.1. The molecule has 2 aromatic carbocycles. The van der Waals surface area contributed by atoms with Crippen LogP contribution in [0.1, 0.15) is 29.0 Å². The summed E-state index contributed by atoms with van der Waals surface area (Å²) < 4.78 is 19.0. The molecular weight excluding hydrogens is 255 g/mol. The SMILES string of the molecule is CC(C(=O)c1cc2cccc(F)c2o1)c1ccccc1. The molecule has 1 unspecified atom stereocenters. The fourth-order valence-corrected chi connectivity index (χ4v) is 2.26. The monoisotopic (exact) mass is 268 g/mol. The predicted molar refractivity (Wildman–Crippen MR) is 75.4 cm³/mol. The van der Waals surface area contributed by atoms with Gasteiger partial charge >= 0.3 is 0 Å². The van der Waals surface area contributed by atoms with Crippen molar-refractivity contribution in [2.75, 3.05) is 0 Å². The van der Waals surface area contributed by atoms with E-state index in [9.17, 15) is 9.18 Å². The van der Waals surface area contributed by atoms with Gasteiger partial charge in [0.25, 0.3) is 0 Å². The van der Waals surface area contributed by atoms with Crippen molar-refractivity contribution in [1.82, 2.24) is 0 Å². The Kier molecular flexibility index (Phi) is 3.11. The van der Waals surface area contributed by atoms with E-state index in [0.717, 1.165) is 5.56 Å². The lowest BCUT2D eigenvalue weighted by molar-refractivity contribution is 0.0941. The summed E-state index contributed by atoms with van der Waals surface area (Å²) in [4.78, 5) is 12.4. The van der Waals surface area contributed by atoms with Gasteiger partial charge in [-0.2, -0.15) is 0 Å². The summed E-state index contributed by atoms with van der Waals surface area (Å²) in [6.45, 7) is 1.82. The molecule has 3 rings (SSSR count). The Hall–Kier alpha value is -2.42. The Balaban J connectivity index is 1.99. The van der Waals surface area contributed by atoms with Crippen LogP contribution in [-0.2, 0) is 0 Å². The van der Waals surface area contributed by atoms with Gasteiger partial charge in [-0.25, -0.2) is 4.39 Å². The summed E-state index contributed by atoms with van der Waals surface area (Å²) in [6, 6.07) is 15.7. The van der Waals surface area contributed by atoms with E-state index in [1.54, 1.807) is 18.2 Å². The van der Waals surface area contributed by atoms with Crippen LogP contribution in [0.15, 0.2) is 59.0 Å². The Morgan fingerprint density at radius 2 is 1.85 bits per heavy atom. The first-order valence-electron chi connectivity index (χ1n) is 6.44. The number of carbonyl (C=O) groups excluding carboxylic acids is 1. The van der Waals surface area contributed by atoms with Gasteiger partial charge < -0.3 is 4.42 Å². The summed E-state index contributed by atoms with van der Waals surface area (Å²) in [5.74, 6) is -0.720. The Morgan fingerprint density at radius 1 is 1.10 bits per heavy atom. The number of furan rings is 1. The average molecular weight is 268 g/mol. The van der Waals surface area contributed by atoms with E-state index in [1.165, 1.54) is 6.07 Å². The molecule has 0 spiro atoms. The number of hydrogen-bond donors (Lipinski definition) is 0. The van der Waals surface area contributed by atoms with Crippen LogP contribution in [0.2, 0.25) is 0 Å². The van der Waals surface area contributed by atoms with Crippen molar-refractivity contribution >= 4 is 16.8 Å². The summed E-state index contributed by atoms with van der Waals surface area (Å²) >= 11 is 0. The van der Waals surface area contributed by atoms with Gasteiger partial charge in [-0.3, -0.25) is 4.79 Å². The molecule has 2 nitrogen and oxygen atoms in total. The molecular formula is C17H13FO2. The van der Waals surface area contributed by atoms with Gasteiger partial charge in [-0.05, 0) is 17.7 Å². The number of ketones is 1. The number of halogens is 1. The fraction of sp³-hybridized carbons (Fsp3) is 0.118. The quantitative estimate of drug-likeness (QED) is 0.652. The smallest absolute Gasteiger partial charge is 0.205 e. The van der Waals surface area contributed by atoms with Crippen molar-refractivity contribution in [3.8, 4) is 0 Å². The molecule has 0 bridgehead atoms. The molecule has 1 aromatic heterocycles. The van der Waals surface area contributed by atoms with Crippen molar-refractivity contribution in [1.29, 1.82) is 0 Å². The van der Waals surface area contributed by atoms with E-state index in [-0.39, 0.29) is 23.0 Å². The molecule has 100 valence electrons. The number of hydrogen-bond acceptors (Lipinski definition) is 2. The second-order valence-electron chi connectivity index (χ2n) is 4.77. The van der Waals surface area contributed by atoms with E-state index < -0.39 is 5.82 Å². The zero-order valence-corrected chi connectivity index (χ0v) is 11.0. The molecule has 3 aromatic rings. The van der Waals surface area contributed by atoms with Crippen LogP contribution in [0.4, 0.5) is 4.39 Å². The van der Waals surface area contributed by atoms with Crippen LogP contribution >= 0.6 is 0 Å². The third kappa shape index (κ3) is 2.11. The molecule has 1 heterocycles. The van der Waals surface area contributed by atoms with Crippen LogP contribution in [0.5, 0.6) is 0 Å². The summed E-state index contributed by atoms with van der Waals surface area (Å²) in [7, 11) is 0. The molecule has 0 aliphatic heterocycles. The molecule has 0 saturated heterocycles. The van der Waals surface area contributed by atoms with E-state index in [0.29, 0.717) is 5.39 Å². The second-order valence-corrected chi connectivity index (χ2v) is 4.77. The van der Waals surface area contributed by atoms with Gasteiger partial charge in [-0.1, -0.05) is 49.4 Å². The molecule has 20 heavy (non-hydrogen) atoms.